The monoisotopic (exact) mass is 614 g/mol. The maximum Gasteiger partial charge on any atom is 0.0468 e. The molecule has 0 aromatic heterocycles. The zero-order chi connectivity index (χ0) is 32.2. The van der Waals surface area contributed by atoms with E-state index in [0.717, 1.165) is 34.1 Å². The Morgan fingerprint density at radius 1 is 0.271 bits per heavy atom. The molecule has 0 spiro atoms. The summed E-state index contributed by atoms with van der Waals surface area (Å²) in [5.74, 6) is 0. The highest BCUT2D eigenvalue weighted by atomic mass is 15.1. The normalized spacial score (nSPS) is 11.5. The molecule has 0 heterocycles. The number of hydrogen-bond donors (Lipinski definition) is 0. The van der Waals surface area contributed by atoms with Crippen molar-refractivity contribution in [3.05, 3.63) is 181 Å². The highest BCUT2D eigenvalue weighted by Crippen LogP contribution is 2.51. The van der Waals surface area contributed by atoms with Gasteiger partial charge in [-0.15, -0.1) is 0 Å². The van der Waals surface area contributed by atoms with Gasteiger partial charge in [0.15, 0.2) is 0 Å². The van der Waals surface area contributed by atoms with Gasteiger partial charge in [0.2, 0.25) is 0 Å². The number of rotatable bonds is 6. The van der Waals surface area contributed by atoms with Crippen LogP contribution in [0.25, 0.3) is 43.8 Å². The summed E-state index contributed by atoms with van der Waals surface area (Å²) in [6.45, 7) is 4.30. The van der Waals surface area contributed by atoms with E-state index in [4.69, 9.17) is 0 Å². The lowest BCUT2D eigenvalue weighted by Crippen LogP contribution is -2.10. The summed E-state index contributed by atoms with van der Waals surface area (Å²) < 4.78 is 0. The Bertz CT molecular complexity index is 2300. The molecule has 0 fully saturated rings. The van der Waals surface area contributed by atoms with Gasteiger partial charge in [-0.2, -0.15) is 0 Å². The first kappa shape index (κ1) is 28.1. The molecule has 0 atom stereocenters. The third-order valence-corrected chi connectivity index (χ3v) is 9.57. The molecule has 2 heteroatoms. The molecule has 0 saturated heterocycles. The molecule has 0 amide bonds. The highest BCUT2D eigenvalue weighted by Gasteiger charge is 2.25. The Hall–Kier alpha value is -6.12. The van der Waals surface area contributed by atoms with Crippen LogP contribution in [0.4, 0.5) is 34.1 Å². The SMILES string of the molecule is Cc1cccc(N(c2ccccc2)c2ccc3cc4c(cc3c2)-c2cc3cc(N(c5ccccc5)c5cccc(C)c5)ccc3cc2-4)c1. The summed E-state index contributed by atoms with van der Waals surface area (Å²) >= 11 is 0. The highest BCUT2D eigenvalue weighted by molar-refractivity contribution is 6.12. The van der Waals surface area contributed by atoms with Crippen LogP contribution in [0.1, 0.15) is 11.1 Å². The molecule has 8 aromatic rings. The molecule has 228 valence electrons. The van der Waals surface area contributed by atoms with Gasteiger partial charge in [0.1, 0.15) is 0 Å². The van der Waals surface area contributed by atoms with E-state index in [2.05, 4.69) is 194 Å². The van der Waals surface area contributed by atoms with Gasteiger partial charge in [-0.3, -0.25) is 0 Å². The maximum absolute atomic E-state index is 2.38. The minimum absolute atomic E-state index is 1.15. The Balaban J connectivity index is 1.13. The van der Waals surface area contributed by atoms with Crippen LogP contribution in [0.15, 0.2) is 170 Å². The molecule has 8 aromatic carbocycles. The minimum atomic E-state index is 1.15. The van der Waals surface area contributed by atoms with E-state index in [1.54, 1.807) is 0 Å². The van der Waals surface area contributed by atoms with E-state index in [9.17, 15) is 0 Å². The van der Waals surface area contributed by atoms with Crippen LogP contribution in [0.2, 0.25) is 0 Å². The summed E-state index contributed by atoms with van der Waals surface area (Å²) in [6.07, 6.45) is 0. The first-order chi connectivity index (χ1) is 23.6. The van der Waals surface area contributed by atoms with Crippen molar-refractivity contribution < 1.29 is 0 Å². The molecule has 48 heavy (non-hydrogen) atoms. The van der Waals surface area contributed by atoms with Crippen LogP contribution < -0.4 is 9.80 Å². The summed E-state index contributed by atoms with van der Waals surface area (Å²) in [5.41, 5.74) is 14.7. The van der Waals surface area contributed by atoms with Crippen molar-refractivity contribution in [2.24, 2.45) is 0 Å². The second-order valence-corrected chi connectivity index (χ2v) is 12.9. The number of nitrogens with zero attached hydrogens (tertiary/aromatic N) is 2. The molecule has 0 saturated carbocycles. The van der Waals surface area contributed by atoms with Crippen LogP contribution >= 0.6 is 0 Å². The standard InChI is InChI=1S/C46H34N2/c1-31-11-9-17-39(23-31)47(37-13-5-3-6-14-37)41-21-19-33-27-43-44-28-34-20-22-42(26-36(34)30-46(44)45(43)29-35(33)25-41)48(38-15-7-4-8-16-38)40-18-10-12-32(2)24-40/h3-30H,1-2H3. The van der Waals surface area contributed by atoms with E-state index < -0.39 is 0 Å². The van der Waals surface area contributed by atoms with Gasteiger partial charge >= 0.3 is 0 Å². The maximum atomic E-state index is 2.38. The zero-order valence-electron chi connectivity index (χ0n) is 27.1. The Morgan fingerprint density at radius 3 is 1.02 bits per heavy atom. The van der Waals surface area contributed by atoms with Crippen molar-refractivity contribution >= 4 is 55.7 Å². The van der Waals surface area contributed by atoms with Gasteiger partial charge in [0, 0.05) is 34.1 Å². The van der Waals surface area contributed by atoms with Crippen molar-refractivity contribution in [3.63, 3.8) is 0 Å². The first-order valence-electron chi connectivity index (χ1n) is 16.6. The molecular weight excluding hydrogens is 581 g/mol. The third kappa shape index (κ3) is 4.82. The van der Waals surface area contributed by atoms with Crippen molar-refractivity contribution in [2.45, 2.75) is 13.8 Å². The van der Waals surface area contributed by atoms with Gasteiger partial charge < -0.3 is 9.80 Å². The van der Waals surface area contributed by atoms with Gasteiger partial charge in [0.05, 0.1) is 0 Å². The Kier molecular flexibility index (Phi) is 6.62. The number of para-hydroxylation sites is 2. The Labute approximate surface area is 281 Å². The largest absolute Gasteiger partial charge is 0.310 e. The number of hydrogen-bond acceptors (Lipinski definition) is 2. The fourth-order valence-corrected chi connectivity index (χ4v) is 7.26. The molecule has 2 nitrogen and oxygen atoms in total. The van der Waals surface area contributed by atoms with Gasteiger partial charge in [-0.05, 0) is 166 Å². The predicted molar refractivity (Wildman–Crippen MR) is 205 cm³/mol. The van der Waals surface area contributed by atoms with Crippen molar-refractivity contribution in [1.82, 2.24) is 0 Å². The third-order valence-electron chi connectivity index (χ3n) is 9.57. The molecular formula is C46H34N2. The van der Waals surface area contributed by atoms with E-state index in [1.165, 1.54) is 54.9 Å². The fraction of sp³-hybridized carbons (Fsp3) is 0.0435. The zero-order valence-corrected chi connectivity index (χ0v) is 27.1. The average molecular weight is 615 g/mol. The number of anilines is 6. The molecule has 1 aliphatic carbocycles. The van der Waals surface area contributed by atoms with Crippen molar-refractivity contribution in [1.29, 1.82) is 0 Å². The van der Waals surface area contributed by atoms with Crippen LogP contribution in [-0.2, 0) is 0 Å². The predicted octanol–water partition coefficient (Wildman–Crippen LogP) is 13.2. The van der Waals surface area contributed by atoms with Crippen LogP contribution in [0.5, 0.6) is 0 Å². The Morgan fingerprint density at radius 2 is 0.625 bits per heavy atom. The number of fused-ring (bicyclic) bond motifs is 6. The molecule has 0 aliphatic heterocycles. The van der Waals surface area contributed by atoms with Gasteiger partial charge in [-0.25, -0.2) is 0 Å². The lowest BCUT2D eigenvalue weighted by Gasteiger charge is -2.28. The van der Waals surface area contributed by atoms with Crippen LogP contribution in [-0.4, -0.2) is 0 Å². The number of benzene rings is 8. The molecule has 9 rings (SSSR count). The van der Waals surface area contributed by atoms with Crippen LogP contribution in [0, 0.1) is 13.8 Å². The minimum Gasteiger partial charge on any atom is -0.310 e. The molecule has 0 radical (unpaired) electrons. The second kappa shape index (κ2) is 11.3. The van der Waals surface area contributed by atoms with Crippen molar-refractivity contribution in [2.75, 3.05) is 9.80 Å². The quantitative estimate of drug-likeness (QED) is 0.184. The second-order valence-electron chi connectivity index (χ2n) is 12.9. The number of aryl methyl sites for hydroxylation is 2. The summed E-state index contributed by atoms with van der Waals surface area (Å²) in [7, 11) is 0. The molecule has 0 unspecified atom stereocenters. The summed E-state index contributed by atoms with van der Waals surface area (Å²) in [6, 6.07) is 61.9. The molecule has 0 N–H and O–H groups in total. The first-order valence-corrected chi connectivity index (χ1v) is 16.6. The lowest BCUT2D eigenvalue weighted by atomic mass is 9.78. The van der Waals surface area contributed by atoms with Gasteiger partial charge in [-0.1, -0.05) is 72.8 Å². The van der Waals surface area contributed by atoms with E-state index in [1.807, 2.05) is 0 Å². The van der Waals surface area contributed by atoms with Crippen molar-refractivity contribution in [3.8, 4) is 22.3 Å². The average Bonchev–Trinajstić information content (AvgIpc) is 3.11. The fourth-order valence-electron chi connectivity index (χ4n) is 7.26. The van der Waals surface area contributed by atoms with E-state index in [-0.39, 0.29) is 0 Å². The summed E-state index contributed by atoms with van der Waals surface area (Å²) in [4.78, 5) is 4.70. The topological polar surface area (TPSA) is 6.48 Å². The van der Waals surface area contributed by atoms with Crippen LogP contribution in [0.3, 0.4) is 0 Å². The molecule has 1 aliphatic rings. The van der Waals surface area contributed by atoms with E-state index >= 15 is 0 Å². The summed E-state index contributed by atoms with van der Waals surface area (Å²) in [5, 5.41) is 5.00. The lowest BCUT2D eigenvalue weighted by molar-refractivity contribution is 1.27. The van der Waals surface area contributed by atoms with E-state index in [0.29, 0.717) is 0 Å². The smallest absolute Gasteiger partial charge is 0.0468 e. The molecule has 0 bridgehead atoms. The van der Waals surface area contributed by atoms with Gasteiger partial charge in [0.25, 0.3) is 0 Å².